The van der Waals surface area contributed by atoms with Gasteiger partial charge >= 0.3 is 0 Å². The minimum Gasteiger partial charge on any atom is -0.491 e. The van der Waals surface area contributed by atoms with E-state index in [0.29, 0.717) is 13.2 Å². The third-order valence-corrected chi connectivity index (χ3v) is 4.22. The summed E-state index contributed by atoms with van der Waals surface area (Å²) < 4.78 is 5.84. The molecule has 0 amide bonds. The van der Waals surface area contributed by atoms with Crippen LogP contribution in [0.4, 0.5) is 0 Å². The van der Waals surface area contributed by atoms with E-state index in [4.69, 9.17) is 4.74 Å². The maximum absolute atomic E-state index is 10.2. The van der Waals surface area contributed by atoms with Crippen LogP contribution in [0.15, 0.2) is 18.2 Å². The second-order valence-electron chi connectivity index (χ2n) is 7.44. The molecule has 0 aliphatic heterocycles. The van der Waals surface area contributed by atoms with Gasteiger partial charge in [0, 0.05) is 6.54 Å². The number of likely N-dealkylation sites (N-methyl/N-ethyl adjacent to an activating group) is 1. The van der Waals surface area contributed by atoms with Crippen molar-refractivity contribution in [3.8, 4) is 5.75 Å². The van der Waals surface area contributed by atoms with E-state index < -0.39 is 6.10 Å². The first-order valence-electron chi connectivity index (χ1n) is 8.92. The third-order valence-electron chi connectivity index (χ3n) is 4.22. The van der Waals surface area contributed by atoms with E-state index in [1.165, 1.54) is 18.4 Å². The third kappa shape index (κ3) is 6.92. The van der Waals surface area contributed by atoms with Crippen molar-refractivity contribution in [2.75, 3.05) is 26.2 Å². The van der Waals surface area contributed by atoms with Gasteiger partial charge in [0.05, 0.1) is 0 Å². The SMILES string of the molecule is CCCCN(CC)C[C@@H](O)COc1ccc(C(C)(C)C)cc1C. The Balaban J connectivity index is 2.54. The number of hydrogen-bond acceptors (Lipinski definition) is 3. The quantitative estimate of drug-likeness (QED) is 0.741. The molecule has 0 aliphatic rings. The fourth-order valence-electron chi connectivity index (χ4n) is 2.57. The molecule has 1 aromatic carbocycles. The standard InChI is InChI=1S/C20H35NO2/c1-7-9-12-21(8-2)14-18(22)15-23-19-11-10-17(13-16(19)3)20(4,5)6/h10-11,13,18,22H,7-9,12,14-15H2,1-6H3/t18-/m1/s1. The van der Waals surface area contributed by atoms with Crippen LogP contribution in [-0.4, -0.2) is 42.4 Å². The molecule has 3 nitrogen and oxygen atoms in total. The smallest absolute Gasteiger partial charge is 0.122 e. The number of nitrogens with zero attached hydrogens (tertiary/aromatic N) is 1. The summed E-state index contributed by atoms with van der Waals surface area (Å²) in [5, 5.41) is 10.2. The molecule has 1 rings (SSSR count). The molecule has 1 N–H and O–H groups in total. The van der Waals surface area contributed by atoms with Gasteiger partial charge in [-0.05, 0) is 49.0 Å². The van der Waals surface area contributed by atoms with Gasteiger partial charge in [0.25, 0.3) is 0 Å². The summed E-state index contributed by atoms with van der Waals surface area (Å²) in [7, 11) is 0. The summed E-state index contributed by atoms with van der Waals surface area (Å²) in [6.07, 6.45) is 1.91. The molecule has 0 saturated carbocycles. The molecule has 0 spiro atoms. The van der Waals surface area contributed by atoms with Crippen LogP contribution in [0.2, 0.25) is 0 Å². The highest BCUT2D eigenvalue weighted by molar-refractivity contribution is 5.38. The van der Waals surface area contributed by atoms with Gasteiger partial charge in [-0.25, -0.2) is 0 Å². The lowest BCUT2D eigenvalue weighted by molar-refractivity contribution is 0.0692. The van der Waals surface area contributed by atoms with Crippen LogP contribution >= 0.6 is 0 Å². The molecular formula is C20H35NO2. The van der Waals surface area contributed by atoms with Gasteiger partial charge in [-0.1, -0.05) is 53.2 Å². The van der Waals surface area contributed by atoms with Gasteiger partial charge in [0.2, 0.25) is 0 Å². The topological polar surface area (TPSA) is 32.7 Å². The molecule has 0 heterocycles. The van der Waals surface area contributed by atoms with E-state index in [1.54, 1.807) is 0 Å². The Bertz CT molecular complexity index is 465. The molecule has 0 unspecified atom stereocenters. The van der Waals surface area contributed by atoms with Gasteiger partial charge in [-0.3, -0.25) is 0 Å². The van der Waals surface area contributed by atoms with Crippen molar-refractivity contribution in [3.05, 3.63) is 29.3 Å². The number of hydrogen-bond donors (Lipinski definition) is 1. The number of benzene rings is 1. The summed E-state index contributed by atoms with van der Waals surface area (Å²) in [6.45, 7) is 16.1. The Kier molecular flexibility index (Phi) is 8.07. The second kappa shape index (κ2) is 9.29. The minimum absolute atomic E-state index is 0.143. The van der Waals surface area contributed by atoms with E-state index in [9.17, 15) is 5.11 Å². The van der Waals surface area contributed by atoms with Gasteiger partial charge in [-0.15, -0.1) is 0 Å². The molecule has 0 aliphatic carbocycles. The lowest BCUT2D eigenvalue weighted by Gasteiger charge is -2.24. The van der Waals surface area contributed by atoms with E-state index in [1.807, 2.05) is 6.07 Å². The first-order chi connectivity index (χ1) is 10.8. The molecule has 0 fully saturated rings. The van der Waals surface area contributed by atoms with Crippen molar-refractivity contribution < 1.29 is 9.84 Å². The van der Waals surface area contributed by atoms with Gasteiger partial charge < -0.3 is 14.7 Å². The lowest BCUT2D eigenvalue weighted by atomic mass is 9.86. The van der Waals surface area contributed by atoms with Crippen LogP contribution in [0, 0.1) is 6.92 Å². The summed E-state index contributed by atoms with van der Waals surface area (Å²) >= 11 is 0. The normalized spacial score (nSPS) is 13.4. The number of ether oxygens (including phenoxy) is 1. The number of unbranched alkanes of at least 4 members (excludes halogenated alkanes) is 1. The Morgan fingerprint density at radius 1 is 1.22 bits per heavy atom. The second-order valence-corrected chi connectivity index (χ2v) is 7.44. The number of aliphatic hydroxyl groups excluding tert-OH is 1. The highest BCUT2D eigenvalue weighted by Crippen LogP contribution is 2.27. The van der Waals surface area contributed by atoms with Gasteiger partial charge in [0.15, 0.2) is 0 Å². The van der Waals surface area contributed by atoms with Crippen molar-refractivity contribution in [2.24, 2.45) is 0 Å². The predicted molar refractivity (Wildman–Crippen MR) is 98.4 cm³/mol. The monoisotopic (exact) mass is 321 g/mol. The molecule has 1 aromatic rings. The van der Waals surface area contributed by atoms with E-state index in [-0.39, 0.29) is 5.41 Å². The maximum atomic E-state index is 10.2. The molecule has 0 aromatic heterocycles. The Labute approximate surface area is 142 Å². The van der Waals surface area contributed by atoms with E-state index >= 15 is 0 Å². The zero-order chi connectivity index (χ0) is 17.5. The van der Waals surface area contributed by atoms with Gasteiger partial charge in [0.1, 0.15) is 18.5 Å². The Morgan fingerprint density at radius 2 is 1.91 bits per heavy atom. The molecule has 3 heteroatoms. The number of rotatable bonds is 9. The maximum Gasteiger partial charge on any atom is 0.122 e. The van der Waals surface area contributed by atoms with Crippen molar-refractivity contribution in [3.63, 3.8) is 0 Å². The van der Waals surface area contributed by atoms with Crippen LogP contribution in [0.5, 0.6) is 5.75 Å². The first-order valence-corrected chi connectivity index (χ1v) is 8.92. The Morgan fingerprint density at radius 3 is 2.43 bits per heavy atom. The number of aryl methyl sites for hydroxylation is 1. The number of aliphatic hydroxyl groups is 1. The lowest BCUT2D eigenvalue weighted by Crippen LogP contribution is -2.36. The van der Waals surface area contributed by atoms with Crippen LogP contribution < -0.4 is 4.74 Å². The highest BCUT2D eigenvalue weighted by Gasteiger charge is 2.16. The fourth-order valence-corrected chi connectivity index (χ4v) is 2.57. The van der Waals surface area contributed by atoms with E-state index in [2.05, 4.69) is 58.6 Å². The summed E-state index contributed by atoms with van der Waals surface area (Å²) in [4.78, 5) is 2.28. The molecule has 23 heavy (non-hydrogen) atoms. The summed E-state index contributed by atoms with van der Waals surface area (Å²) in [6, 6.07) is 6.33. The molecule has 1 atom stereocenters. The van der Waals surface area contributed by atoms with Crippen LogP contribution in [-0.2, 0) is 5.41 Å². The first kappa shape index (κ1) is 20.0. The van der Waals surface area contributed by atoms with Crippen molar-refractivity contribution in [1.29, 1.82) is 0 Å². The zero-order valence-corrected chi connectivity index (χ0v) is 15.9. The highest BCUT2D eigenvalue weighted by atomic mass is 16.5. The fraction of sp³-hybridized carbons (Fsp3) is 0.700. The minimum atomic E-state index is -0.450. The van der Waals surface area contributed by atoms with Gasteiger partial charge in [-0.2, -0.15) is 0 Å². The van der Waals surface area contributed by atoms with Crippen molar-refractivity contribution in [1.82, 2.24) is 4.90 Å². The van der Waals surface area contributed by atoms with Crippen LogP contribution in [0.3, 0.4) is 0 Å². The van der Waals surface area contributed by atoms with Crippen molar-refractivity contribution >= 4 is 0 Å². The largest absolute Gasteiger partial charge is 0.491 e. The average Bonchev–Trinajstić information content (AvgIpc) is 2.49. The van der Waals surface area contributed by atoms with Crippen LogP contribution in [0.1, 0.15) is 58.6 Å². The molecule has 0 radical (unpaired) electrons. The summed E-state index contributed by atoms with van der Waals surface area (Å²) in [5.41, 5.74) is 2.58. The Hall–Kier alpha value is -1.06. The summed E-state index contributed by atoms with van der Waals surface area (Å²) in [5.74, 6) is 0.869. The van der Waals surface area contributed by atoms with Crippen molar-refractivity contribution in [2.45, 2.75) is 65.9 Å². The molecular weight excluding hydrogens is 286 g/mol. The molecule has 0 saturated heterocycles. The molecule has 132 valence electrons. The predicted octanol–water partition coefficient (Wildman–Crippen LogP) is 4.15. The van der Waals surface area contributed by atoms with Crippen LogP contribution in [0.25, 0.3) is 0 Å². The zero-order valence-electron chi connectivity index (χ0n) is 15.9. The average molecular weight is 322 g/mol. The molecule has 0 bridgehead atoms. The van der Waals surface area contributed by atoms with E-state index in [0.717, 1.165) is 24.4 Å².